The zero-order valence-electron chi connectivity index (χ0n) is 14.5. The molecule has 0 saturated carbocycles. The number of aryl methyl sites for hydroxylation is 1. The number of rotatable bonds is 3. The number of carbonyl (C=O) groups excluding carboxylic acids is 2. The zero-order valence-corrected chi connectivity index (χ0v) is 16.9. The Labute approximate surface area is 161 Å². The van der Waals surface area contributed by atoms with Crippen molar-refractivity contribution in [3.8, 4) is 0 Å². The maximum absolute atomic E-state index is 12.5. The third-order valence-corrected chi connectivity index (χ3v) is 4.42. The number of halogens is 2. The molecule has 0 radical (unpaired) electrons. The Morgan fingerprint density at radius 3 is 2.36 bits per heavy atom. The van der Waals surface area contributed by atoms with Crippen molar-refractivity contribution in [2.75, 3.05) is 10.6 Å². The summed E-state index contributed by atoms with van der Waals surface area (Å²) in [6.45, 7) is 7.41. The molecule has 2 rings (SSSR count). The fourth-order valence-electron chi connectivity index (χ4n) is 2.01. The van der Waals surface area contributed by atoms with Crippen molar-refractivity contribution in [1.82, 2.24) is 0 Å². The van der Waals surface area contributed by atoms with Gasteiger partial charge in [0.15, 0.2) is 0 Å². The summed E-state index contributed by atoms with van der Waals surface area (Å²) >= 11 is 9.44. The number of hydrogen-bond acceptors (Lipinski definition) is 2. The molecule has 0 spiro atoms. The van der Waals surface area contributed by atoms with E-state index in [1.54, 1.807) is 30.3 Å². The van der Waals surface area contributed by atoms with Crippen LogP contribution in [0.5, 0.6) is 0 Å². The van der Waals surface area contributed by atoms with Gasteiger partial charge in [0.1, 0.15) is 0 Å². The van der Waals surface area contributed by atoms with Gasteiger partial charge in [-0.3, -0.25) is 9.59 Å². The molecule has 2 aromatic carbocycles. The molecule has 25 heavy (non-hydrogen) atoms. The Balaban J connectivity index is 2.24. The minimum atomic E-state index is -0.502. The summed E-state index contributed by atoms with van der Waals surface area (Å²) < 4.78 is 0.768. The lowest BCUT2D eigenvalue weighted by Crippen LogP contribution is -2.27. The smallest absolute Gasteiger partial charge is 0.257 e. The van der Waals surface area contributed by atoms with Gasteiger partial charge in [0.05, 0.1) is 10.6 Å². The minimum Gasteiger partial charge on any atom is -0.326 e. The van der Waals surface area contributed by atoms with Crippen LogP contribution in [0.25, 0.3) is 0 Å². The van der Waals surface area contributed by atoms with Crippen LogP contribution < -0.4 is 10.6 Å². The fourth-order valence-corrected chi connectivity index (χ4v) is 2.58. The largest absolute Gasteiger partial charge is 0.326 e. The highest BCUT2D eigenvalue weighted by Crippen LogP contribution is 2.26. The lowest BCUT2D eigenvalue weighted by Gasteiger charge is -2.18. The van der Waals surface area contributed by atoms with E-state index >= 15 is 0 Å². The first kappa shape index (κ1) is 19.5. The normalized spacial score (nSPS) is 11.1. The Morgan fingerprint density at radius 1 is 1.04 bits per heavy atom. The highest BCUT2D eigenvalue weighted by Gasteiger charge is 2.21. The van der Waals surface area contributed by atoms with Crippen LogP contribution in [0.1, 0.15) is 36.7 Å². The van der Waals surface area contributed by atoms with E-state index in [0.29, 0.717) is 22.0 Å². The number of benzene rings is 2. The molecule has 0 saturated heterocycles. The van der Waals surface area contributed by atoms with Gasteiger partial charge in [0.25, 0.3) is 5.91 Å². The Bertz CT molecular complexity index is 829. The van der Waals surface area contributed by atoms with E-state index in [4.69, 9.17) is 11.6 Å². The molecule has 0 aliphatic carbocycles. The second kappa shape index (κ2) is 7.58. The average molecular weight is 424 g/mol. The van der Waals surface area contributed by atoms with Crippen LogP contribution in [0, 0.1) is 12.3 Å². The molecule has 2 N–H and O–H groups in total. The molecule has 0 aliphatic heterocycles. The van der Waals surface area contributed by atoms with Crippen LogP contribution in [0.4, 0.5) is 11.4 Å². The van der Waals surface area contributed by atoms with Crippen molar-refractivity contribution >= 4 is 50.7 Å². The average Bonchev–Trinajstić information content (AvgIpc) is 2.51. The minimum absolute atomic E-state index is 0.0938. The summed E-state index contributed by atoms with van der Waals surface area (Å²) in [5, 5.41) is 6.08. The molecule has 0 atom stereocenters. The summed E-state index contributed by atoms with van der Waals surface area (Å²) in [4.78, 5) is 24.7. The van der Waals surface area contributed by atoms with Crippen LogP contribution in [0.3, 0.4) is 0 Å². The molecular formula is C19H20BrClN2O2. The van der Waals surface area contributed by atoms with Crippen LogP contribution in [0.15, 0.2) is 40.9 Å². The topological polar surface area (TPSA) is 58.2 Å². The van der Waals surface area contributed by atoms with E-state index in [1.807, 2.05) is 33.8 Å². The molecule has 132 valence electrons. The standard InChI is InChI=1S/C19H20BrClN2O2/c1-11-5-7-13(22-18(25)19(2,3)4)10-16(11)23-17(24)14-9-12(20)6-8-15(14)21/h5-10H,1-4H3,(H,22,25)(H,23,24). The molecule has 0 heterocycles. The van der Waals surface area contributed by atoms with Crippen LogP contribution in [-0.4, -0.2) is 11.8 Å². The maximum Gasteiger partial charge on any atom is 0.257 e. The Hall–Kier alpha value is -1.85. The van der Waals surface area contributed by atoms with Crippen molar-refractivity contribution in [2.24, 2.45) is 5.41 Å². The van der Waals surface area contributed by atoms with Crippen molar-refractivity contribution in [3.63, 3.8) is 0 Å². The highest BCUT2D eigenvalue weighted by atomic mass is 79.9. The SMILES string of the molecule is Cc1ccc(NC(=O)C(C)(C)C)cc1NC(=O)c1cc(Br)ccc1Cl. The van der Waals surface area contributed by atoms with Gasteiger partial charge in [-0.25, -0.2) is 0 Å². The zero-order chi connectivity index (χ0) is 18.8. The summed E-state index contributed by atoms with van der Waals surface area (Å²) in [5.41, 5.74) is 2.00. The molecular weight excluding hydrogens is 404 g/mol. The van der Waals surface area contributed by atoms with Crippen LogP contribution in [-0.2, 0) is 4.79 Å². The first-order valence-electron chi connectivity index (χ1n) is 7.76. The van der Waals surface area contributed by atoms with Gasteiger partial charge in [-0.05, 0) is 42.8 Å². The summed E-state index contributed by atoms with van der Waals surface area (Å²) in [7, 11) is 0. The van der Waals surface area contributed by atoms with E-state index in [2.05, 4.69) is 26.6 Å². The molecule has 2 amide bonds. The lowest BCUT2D eigenvalue weighted by molar-refractivity contribution is -0.123. The van der Waals surface area contributed by atoms with E-state index in [-0.39, 0.29) is 11.8 Å². The quantitative estimate of drug-likeness (QED) is 0.670. The summed E-state index contributed by atoms with van der Waals surface area (Å²) in [5.74, 6) is -0.405. The highest BCUT2D eigenvalue weighted by molar-refractivity contribution is 9.10. The van der Waals surface area contributed by atoms with Gasteiger partial charge in [-0.15, -0.1) is 0 Å². The lowest BCUT2D eigenvalue weighted by atomic mass is 9.95. The second-order valence-electron chi connectivity index (χ2n) is 6.81. The van der Waals surface area contributed by atoms with Gasteiger partial charge < -0.3 is 10.6 Å². The summed E-state index contributed by atoms with van der Waals surface area (Å²) in [6, 6.07) is 10.5. The number of anilines is 2. The molecule has 2 aromatic rings. The number of amides is 2. The van der Waals surface area contributed by atoms with E-state index in [9.17, 15) is 9.59 Å². The van der Waals surface area contributed by atoms with Crippen LogP contribution in [0.2, 0.25) is 5.02 Å². The summed E-state index contributed by atoms with van der Waals surface area (Å²) in [6.07, 6.45) is 0. The van der Waals surface area contributed by atoms with E-state index in [0.717, 1.165) is 10.0 Å². The van der Waals surface area contributed by atoms with E-state index in [1.165, 1.54) is 0 Å². The molecule has 0 fully saturated rings. The second-order valence-corrected chi connectivity index (χ2v) is 8.13. The van der Waals surface area contributed by atoms with Gasteiger partial charge >= 0.3 is 0 Å². The third-order valence-electron chi connectivity index (χ3n) is 3.60. The molecule has 0 unspecified atom stereocenters. The predicted octanol–water partition coefficient (Wildman–Crippen LogP) is 5.65. The number of nitrogens with one attached hydrogen (secondary N) is 2. The maximum atomic E-state index is 12.5. The third kappa shape index (κ3) is 5.06. The van der Waals surface area contributed by atoms with Gasteiger partial charge in [-0.2, -0.15) is 0 Å². The van der Waals surface area contributed by atoms with Crippen molar-refractivity contribution in [2.45, 2.75) is 27.7 Å². The monoisotopic (exact) mass is 422 g/mol. The predicted molar refractivity (Wildman–Crippen MR) is 106 cm³/mol. The first-order chi connectivity index (χ1) is 11.6. The molecule has 6 heteroatoms. The van der Waals surface area contributed by atoms with Gasteiger partial charge in [-0.1, -0.05) is 54.4 Å². The molecule has 0 aromatic heterocycles. The van der Waals surface area contributed by atoms with Crippen molar-refractivity contribution in [3.05, 3.63) is 57.0 Å². The van der Waals surface area contributed by atoms with Crippen molar-refractivity contribution < 1.29 is 9.59 Å². The Kier molecular flexibility index (Phi) is 5.91. The van der Waals surface area contributed by atoms with Gasteiger partial charge in [0.2, 0.25) is 5.91 Å². The molecule has 4 nitrogen and oxygen atoms in total. The molecule has 0 bridgehead atoms. The van der Waals surface area contributed by atoms with Gasteiger partial charge in [0, 0.05) is 21.3 Å². The molecule has 0 aliphatic rings. The first-order valence-corrected chi connectivity index (χ1v) is 8.93. The number of carbonyl (C=O) groups is 2. The van der Waals surface area contributed by atoms with Crippen molar-refractivity contribution in [1.29, 1.82) is 0 Å². The Morgan fingerprint density at radius 2 is 1.72 bits per heavy atom. The van der Waals surface area contributed by atoms with E-state index < -0.39 is 5.41 Å². The fraction of sp³-hybridized carbons (Fsp3) is 0.263. The van der Waals surface area contributed by atoms with Crippen LogP contribution >= 0.6 is 27.5 Å². The number of hydrogen-bond donors (Lipinski definition) is 2.